The van der Waals surface area contributed by atoms with E-state index in [1.807, 2.05) is 5.38 Å². The summed E-state index contributed by atoms with van der Waals surface area (Å²) in [5.41, 5.74) is 2.64. The number of anilines is 1. The molecule has 0 aliphatic heterocycles. The lowest BCUT2D eigenvalue weighted by atomic mass is 10.1. The molecule has 0 spiro atoms. The van der Waals surface area contributed by atoms with Crippen molar-refractivity contribution >= 4 is 28.6 Å². The Labute approximate surface area is 124 Å². The molecule has 9 heteroatoms. The topological polar surface area (TPSA) is 123 Å². The lowest BCUT2D eigenvalue weighted by molar-refractivity contribution is -0.384. The van der Waals surface area contributed by atoms with Crippen LogP contribution in [0.15, 0.2) is 29.8 Å². The third-order valence-electron chi connectivity index (χ3n) is 2.72. The molecule has 0 saturated heterocycles. The molecule has 110 valence electrons. The van der Waals surface area contributed by atoms with Crippen LogP contribution in [0.5, 0.6) is 0 Å². The van der Waals surface area contributed by atoms with Crippen molar-refractivity contribution < 1.29 is 9.72 Å². The molecule has 8 nitrogen and oxygen atoms in total. The second-order valence-electron chi connectivity index (χ2n) is 4.06. The van der Waals surface area contributed by atoms with E-state index in [4.69, 9.17) is 5.84 Å². The third kappa shape index (κ3) is 3.74. The molecule has 4 N–H and O–H groups in total. The minimum Gasteiger partial charge on any atom is -0.352 e. The van der Waals surface area contributed by atoms with Crippen LogP contribution in [0.2, 0.25) is 0 Å². The summed E-state index contributed by atoms with van der Waals surface area (Å²) in [4.78, 5) is 26.4. The molecule has 0 saturated carbocycles. The highest BCUT2D eigenvalue weighted by atomic mass is 32.1. The van der Waals surface area contributed by atoms with E-state index in [-0.39, 0.29) is 11.3 Å². The molecule has 0 bridgehead atoms. The normalized spacial score (nSPS) is 10.1. The number of nitro benzene ring substituents is 1. The SMILES string of the molecule is NNc1ccc([N+](=O)[O-])cc1C(=O)NCCc1nccs1. The zero-order chi connectivity index (χ0) is 15.2. The highest BCUT2D eigenvalue weighted by Gasteiger charge is 2.16. The van der Waals surface area contributed by atoms with E-state index < -0.39 is 10.8 Å². The van der Waals surface area contributed by atoms with Gasteiger partial charge < -0.3 is 10.7 Å². The number of carbonyl (C=O) groups excluding carboxylic acids is 1. The maximum Gasteiger partial charge on any atom is 0.270 e. The molecule has 21 heavy (non-hydrogen) atoms. The molecule has 2 rings (SSSR count). The van der Waals surface area contributed by atoms with Crippen LogP contribution in [0, 0.1) is 10.1 Å². The van der Waals surface area contributed by atoms with E-state index in [0.29, 0.717) is 18.7 Å². The number of benzene rings is 1. The molecule has 1 aromatic heterocycles. The van der Waals surface area contributed by atoms with Gasteiger partial charge >= 0.3 is 0 Å². The van der Waals surface area contributed by atoms with Gasteiger partial charge in [0.1, 0.15) is 0 Å². The fourth-order valence-electron chi connectivity index (χ4n) is 1.71. The summed E-state index contributed by atoms with van der Waals surface area (Å²) in [7, 11) is 0. The smallest absolute Gasteiger partial charge is 0.270 e. The van der Waals surface area contributed by atoms with E-state index in [0.717, 1.165) is 5.01 Å². The van der Waals surface area contributed by atoms with Crippen molar-refractivity contribution in [1.29, 1.82) is 0 Å². The van der Waals surface area contributed by atoms with E-state index in [9.17, 15) is 14.9 Å². The van der Waals surface area contributed by atoms with E-state index in [2.05, 4.69) is 15.7 Å². The summed E-state index contributed by atoms with van der Waals surface area (Å²) >= 11 is 1.50. The van der Waals surface area contributed by atoms with Gasteiger partial charge in [-0.3, -0.25) is 20.8 Å². The molecule has 2 aromatic rings. The number of hydrogen-bond donors (Lipinski definition) is 3. The Morgan fingerprint density at radius 3 is 2.90 bits per heavy atom. The van der Waals surface area contributed by atoms with Crippen molar-refractivity contribution in [3.05, 3.63) is 50.5 Å². The van der Waals surface area contributed by atoms with Crippen LogP contribution in [0.4, 0.5) is 11.4 Å². The van der Waals surface area contributed by atoms with Crippen LogP contribution < -0.4 is 16.6 Å². The highest BCUT2D eigenvalue weighted by Crippen LogP contribution is 2.21. The fraction of sp³-hybridized carbons (Fsp3) is 0.167. The summed E-state index contributed by atoms with van der Waals surface area (Å²) in [6, 6.07) is 3.86. The van der Waals surface area contributed by atoms with Crippen LogP contribution in [0.1, 0.15) is 15.4 Å². The number of hydrazine groups is 1. The van der Waals surface area contributed by atoms with Crippen molar-refractivity contribution in [2.75, 3.05) is 12.0 Å². The Hall–Kier alpha value is -2.52. The van der Waals surface area contributed by atoms with Crippen molar-refractivity contribution in [2.24, 2.45) is 5.84 Å². The number of nitro groups is 1. The molecule has 0 aliphatic rings. The number of carbonyl (C=O) groups is 1. The maximum absolute atomic E-state index is 12.1. The molecule has 0 aliphatic carbocycles. The fourth-order valence-corrected chi connectivity index (χ4v) is 2.33. The van der Waals surface area contributed by atoms with Crippen molar-refractivity contribution in [3.8, 4) is 0 Å². The molecule has 0 fully saturated rings. The van der Waals surface area contributed by atoms with Crippen LogP contribution in [-0.4, -0.2) is 22.4 Å². The van der Waals surface area contributed by atoms with Crippen molar-refractivity contribution in [2.45, 2.75) is 6.42 Å². The molecule has 0 atom stereocenters. The molecule has 1 amide bonds. The van der Waals surface area contributed by atoms with Gasteiger partial charge in [0.15, 0.2) is 0 Å². The number of nitrogens with one attached hydrogen (secondary N) is 2. The zero-order valence-electron chi connectivity index (χ0n) is 10.9. The Morgan fingerprint density at radius 1 is 1.48 bits per heavy atom. The molecule has 1 heterocycles. The predicted octanol–water partition coefficient (Wildman–Crippen LogP) is 1.31. The highest BCUT2D eigenvalue weighted by molar-refractivity contribution is 7.09. The zero-order valence-corrected chi connectivity index (χ0v) is 11.7. The summed E-state index contributed by atoms with van der Waals surface area (Å²) in [5, 5.41) is 16.2. The van der Waals surface area contributed by atoms with E-state index in [1.165, 1.54) is 29.5 Å². The monoisotopic (exact) mass is 307 g/mol. The Balaban J connectivity index is 2.06. The van der Waals surface area contributed by atoms with Gasteiger partial charge in [0.05, 0.1) is 21.2 Å². The van der Waals surface area contributed by atoms with Gasteiger partial charge in [-0.1, -0.05) is 0 Å². The molecule has 0 unspecified atom stereocenters. The number of amides is 1. The predicted molar refractivity (Wildman–Crippen MR) is 79.1 cm³/mol. The number of nitrogens with zero attached hydrogens (tertiary/aromatic N) is 2. The van der Waals surface area contributed by atoms with Crippen LogP contribution in [-0.2, 0) is 6.42 Å². The van der Waals surface area contributed by atoms with Crippen LogP contribution >= 0.6 is 11.3 Å². The first-order valence-electron chi connectivity index (χ1n) is 6.03. The van der Waals surface area contributed by atoms with Crippen molar-refractivity contribution in [1.82, 2.24) is 10.3 Å². The van der Waals surface area contributed by atoms with Crippen LogP contribution in [0.3, 0.4) is 0 Å². The number of thiazole rings is 1. The molecular formula is C12H13N5O3S. The summed E-state index contributed by atoms with van der Waals surface area (Å²) in [6.07, 6.45) is 2.29. The minimum atomic E-state index is -0.563. The number of non-ortho nitro benzene ring substituents is 1. The Morgan fingerprint density at radius 2 is 2.29 bits per heavy atom. The number of aromatic nitrogens is 1. The number of nitrogen functional groups attached to an aromatic ring is 1. The quantitative estimate of drug-likeness (QED) is 0.420. The van der Waals surface area contributed by atoms with E-state index in [1.54, 1.807) is 6.20 Å². The van der Waals surface area contributed by atoms with Gasteiger partial charge in [0.2, 0.25) is 0 Å². The molecule has 1 aromatic carbocycles. The third-order valence-corrected chi connectivity index (χ3v) is 3.56. The average molecular weight is 307 g/mol. The number of nitrogens with two attached hydrogens (primary N) is 1. The lowest BCUT2D eigenvalue weighted by Crippen LogP contribution is -2.27. The second-order valence-corrected chi connectivity index (χ2v) is 5.04. The van der Waals surface area contributed by atoms with Gasteiger partial charge in [-0.2, -0.15) is 0 Å². The summed E-state index contributed by atoms with van der Waals surface area (Å²) < 4.78 is 0. The minimum absolute atomic E-state index is 0.130. The van der Waals surface area contributed by atoms with Crippen molar-refractivity contribution in [3.63, 3.8) is 0 Å². The standard InChI is InChI=1S/C12H13N5O3S/c13-16-10-2-1-8(17(19)20)7-9(10)12(18)15-4-3-11-14-5-6-21-11/h1-2,5-7,16H,3-4,13H2,(H,15,18). The first-order valence-corrected chi connectivity index (χ1v) is 6.91. The largest absolute Gasteiger partial charge is 0.352 e. The maximum atomic E-state index is 12.1. The lowest BCUT2D eigenvalue weighted by Gasteiger charge is -2.09. The van der Waals surface area contributed by atoms with Gasteiger partial charge in [-0.05, 0) is 6.07 Å². The summed E-state index contributed by atoms with van der Waals surface area (Å²) in [5.74, 6) is 4.88. The number of rotatable bonds is 6. The molecule has 0 radical (unpaired) electrons. The van der Waals surface area contributed by atoms with E-state index >= 15 is 0 Å². The summed E-state index contributed by atoms with van der Waals surface area (Å²) in [6.45, 7) is 0.388. The second kappa shape index (κ2) is 6.77. The first-order chi connectivity index (χ1) is 10.1. The number of hydrogen-bond acceptors (Lipinski definition) is 7. The Kier molecular flexibility index (Phi) is 4.80. The van der Waals surface area contributed by atoms with Gasteiger partial charge in [-0.15, -0.1) is 11.3 Å². The Bertz CT molecular complexity index is 644. The van der Waals surface area contributed by atoms with Crippen LogP contribution in [0.25, 0.3) is 0 Å². The van der Waals surface area contributed by atoms with Gasteiger partial charge in [0.25, 0.3) is 11.6 Å². The first kappa shape index (κ1) is 14.9. The van der Waals surface area contributed by atoms with Gasteiger partial charge in [0, 0.05) is 36.7 Å². The van der Waals surface area contributed by atoms with Gasteiger partial charge in [-0.25, -0.2) is 4.98 Å². The average Bonchev–Trinajstić information content (AvgIpc) is 2.99. The molecular weight excluding hydrogens is 294 g/mol.